The van der Waals surface area contributed by atoms with Crippen LogP contribution in [0.4, 0.5) is 15.8 Å². The fraction of sp³-hybridized carbons (Fsp3) is 0.300. The quantitative estimate of drug-likeness (QED) is 0.702. The molecule has 1 atom stereocenters. The van der Waals surface area contributed by atoms with Crippen LogP contribution in [0.2, 0.25) is 0 Å². The molecule has 27 heavy (non-hydrogen) atoms. The third-order valence-corrected chi connectivity index (χ3v) is 5.08. The van der Waals surface area contributed by atoms with Crippen molar-refractivity contribution in [1.29, 1.82) is 0 Å². The third kappa shape index (κ3) is 6.08. The maximum atomic E-state index is 12.9. The Kier molecular flexibility index (Phi) is 6.84. The number of carbonyl (C=O) groups excluding carboxylic acids is 2. The van der Waals surface area contributed by atoms with Gasteiger partial charge in [-0.2, -0.15) is 0 Å². The van der Waals surface area contributed by atoms with Crippen LogP contribution in [0.25, 0.3) is 0 Å². The number of halogens is 1. The summed E-state index contributed by atoms with van der Waals surface area (Å²) in [5, 5.41) is 5.64. The zero-order valence-corrected chi connectivity index (χ0v) is 15.6. The van der Waals surface area contributed by atoms with Crippen LogP contribution < -0.4 is 10.6 Å². The molecule has 2 amide bonds. The Balaban J connectivity index is 1.41. The van der Waals surface area contributed by atoms with E-state index in [1.54, 1.807) is 36.4 Å². The zero-order chi connectivity index (χ0) is 19.1. The first-order valence-corrected chi connectivity index (χ1v) is 9.79. The number of nitrogens with one attached hydrogen (secondary N) is 2. The number of hydrogen-bond donors (Lipinski definition) is 2. The summed E-state index contributed by atoms with van der Waals surface area (Å²) in [7, 11) is 0. The smallest absolute Gasteiger partial charge is 0.253 e. The highest BCUT2D eigenvalue weighted by Gasteiger charge is 2.23. The summed E-state index contributed by atoms with van der Waals surface area (Å²) in [4.78, 5) is 25.0. The Bertz CT molecular complexity index is 775. The maximum absolute atomic E-state index is 12.9. The molecule has 0 aromatic heterocycles. The van der Waals surface area contributed by atoms with Crippen molar-refractivity contribution >= 4 is 35.0 Å². The van der Waals surface area contributed by atoms with Crippen LogP contribution in [0.1, 0.15) is 19.3 Å². The highest BCUT2D eigenvalue weighted by atomic mass is 32.2. The van der Waals surface area contributed by atoms with Gasteiger partial charge in [-0.1, -0.05) is 0 Å². The van der Waals surface area contributed by atoms with Crippen LogP contribution in [-0.2, 0) is 14.3 Å². The van der Waals surface area contributed by atoms with Gasteiger partial charge < -0.3 is 15.4 Å². The molecule has 2 aromatic carbocycles. The number of hydrogen-bond acceptors (Lipinski definition) is 4. The zero-order valence-electron chi connectivity index (χ0n) is 14.7. The van der Waals surface area contributed by atoms with E-state index in [1.807, 2.05) is 0 Å². The number of carbonyl (C=O) groups is 2. The van der Waals surface area contributed by atoms with Crippen LogP contribution in [0, 0.1) is 5.82 Å². The molecule has 2 N–H and O–H groups in total. The summed E-state index contributed by atoms with van der Waals surface area (Å²) in [6.45, 7) is 0.627. The molecule has 0 bridgehead atoms. The molecule has 1 heterocycles. The summed E-state index contributed by atoms with van der Waals surface area (Å²) in [6.07, 6.45) is 1.63. The minimum Gasteiger partial charge on any atom is -0.368 e. The number of amides is 2. The monoisotopic (exact) mass is 388 g/mol. The first-order chi connectivity index (χ1) is 13.1. The molecular formula is C20H21FN2O3S. The lowest BCUT2D eigenvalue weighted by Gasteiger charge is -2.11. The molecule has 0 radical (unpaired) electrons. The summed E-state index contributed by atoms with van der Waals surface area (Å²) in [5.74, 6) is 0.0999. The molecule has 0 aliphatic carbocycles. The minimum atomic E-state index is -0.372. The Morgan fingerprint density at radius 2 is 1.70 bits per heavy atom. The third-order valence-electron chi connectivity index (χ3n) is 4.07. The average molecular weight is 388 g/mol. The highest BCUT2D eigenvalue weighted by Crippen LogP contribution is 2.20. The second-order valence-corrected chi connectivity index (χ2v) is 7.34. The number of benzene rings is 2. The van der Waals surface area contributed by atoms with Crippen molar-refractivity contribution in [2.45, 2.75) is 30.3 Å². The highest BCUT2D eigenvalue weighted by molar-refractivity contribution is 7.99. The van der Waals surface area contributed by atoms with Gasteiger partial charge in [0.25, 0.3) is 5.91 Å². The van der Waals surface area contributed by atoms with Crippen molar-refractivity contribution in [3.63, 3.8) is 0 Å². The van der Waals surface area contributed by atoms with Crippen LogP contribution in [0.3, 0.4) is 0 Å². The lowest BCUT2D eigenvalue weighted by atomic mass is 10.2. The SMILES string of the molecule is O=C(CCSc1ccc(F)cc1)Nc1ccc(NC(=O)C2CCCO2)cc1. The van der Waals surface area contributed by atoms with E-state index in [0.717, 1.165) is 17.7 Å². The molecule has 1 saturated heterocycles. The molecule has 1 aliphatic rings. The standard InChI is InChI=1S/C20H21FN2O3S/c21-14-3-9-17(10-4-14)27-13-11-19(24)22-15-5-7-16(8-6-15)23-20(25)18-2-1-12-26-18/h3-10,18H,1-2,11-13H2,(H,22,24)(H,23,25). The van der Waals surface area contributed by atoms with Crippen molar-refractivity contribution in [2.75, 3.05) is 23.0 Å². The van der Waals surface area contributed by atoms with Crippen LogP contribution >= 0.6 is 11.8 Å². The van der Waals surface area contributed by atoms with Gasteiger partial charge in [0.1, 0.15) is 11.9 Å². The van der Waals surface area contributed by atoms with Crippen LogP contribution in [0.15, 0.2) is 53.4 Å². The van der Waals surface area contributed by atoms with E-state index < -0.39 is 0 Å². The second kappa shape index (κ2) is 9.53. The van der Waals surface area contributed by atoms with Gasteiger partial charge >= 0.3 is 0 Å². The van der Waals surface area contributed by atoms with Crippen molar-refractivity contribution in [3.05, 3.63) is 54.3 Å². The van der Waals surface area contributed by atoms with E-state index in [1.165, 1.54) is 23.9 Å². The molecule has 1 aliphatic heterocycles. The maximum Gasteiger partial charge on any atom is 0.253 e. The molecule has 7 heteroatoms. The topological polar surface area (TPSA) is 67.4 Å². The molecule has 0 saturated carbocycles. The first-order valence-electron chi connectivity index (χ1n) is 8.81. The van der Waals surface area contributed by atoms with Gasteiger partial charge in [-0.15, -0.1) is 11.8 Å². The molecule has 0 spiro atoms. The Hall–Kier alpha value is -2.38. The van der Waals surface area contributed by atoms with Gasteiger partial charge in [0.15, 0.2) is 0 Å². The van der Waals surface area contributed by atoms with Crippen molar-refractivity contribution in [1.82, 2.24) is 0 Å². The predicted octanol–water partition coefficient (Wildman–Crippen LogP) is 4.06. The summed E-state index contributed by atoms with van der Waals surface area (Å²) < 4.78 is 18.2. The van der Waals surface area contributed by atoms with Gasteiger partial charge in [0.05, 0.1) is 0 Å². The Morgan fingerprint density at radius 3 is 2.33 bits per heavy atom. The summed E-state index contributed by atoms with van der Waals surface area (Å²) >= 11 is 1.50. The molecule has 142 valence electrons. The average Bonchev–Trinajstić information content (AvgIpc) is 3.20. The fourth-order valence-corrected chi connectivity index (χ4v) is 3.51. The molecular weight excluding hydrogens is 367 g/mol. The largest absolute Gasteiger partial charge is 0.368 e. The summed E-state index contributed by atoms with van der Waals surface area (Å²) in [5.41, 5.74) is 1.34. The van der Waals surface area contributed by atoms with E-state index in [9.17, 15) is 14.0 Å². The normalized spacial score (nSPS) is 16.1. The van der Waals surface area contributed by atoms with Gasteiger partial charge in [-0.25, -0.2) is 4.39 Å². The molecule has 2 aromatic rings. The first kappa shape index (κ1) is 19.4. The van der Waals surface area contributed by atoms with E-state index in [0.29, 0.717) is 30.2 Å². The van der Waals surface area contributed by atoms with Gasteiger partial charge in [-0.3, -0.25) is 9.59 Å². The molecule has 1 fully saturated rings. The van der Waals surface area contributed by atoms with Crippen LogP contribution in [-0.4, -0.2) is 30.3 Å². The Morgan fingerprint density at radius 1 is 1.04 bits per heavy atom. The van der Waals surface area contributed by atoms with Gasteiger partial charge in [0, 0.05) is 35.1 Å². The number of rotatable bonds is 7. The van der Waals surface area contributed by atoms with Crippen molar-refractivity contribution in [2.24, 2.45) is 0 Å². The molecule has 5 nitrogen and oxygen atoms in total. The van der Waals surface area contributed by atoms with E-state index in [2.05, 4.69) is 10.6 Å². The minimum absolute atomic E-state index is 0.0965. The van der Waals surface area contributed by atoms with Gasteiger partial charge in [0.2, 0.25) is 5.91 Å². The second-order valence-electron chi connectivity index (χ2n) is 6.17. The van der Waals surface area contributed by atoms with Crippen molar-refractivity contribution in [3.8, 4) is 0 Å². The van der Waals surface area contributed by atoms with Gasteiger partial charge in [-0.05, 0) is 61.4 Å². The Labute approximate surface area is 161 Å². The van der Waals surface area contributed by atoms with E-state index >= 15 is 0 Å². The molecule has 1 unspecified atom stereocenters. The van der Waals surface area contributed by atoms with E-state index in [4.69, 9.17) is 4.74 Å². The number of anilines is 2. The lowest BCUT2D eigenvalue weighted by molar-refractivity contribution is -0.124. The van der Waals surface area contributed by atoms with Crippen LogP contribution in [0.5, 0.6) is 0 Å². The lowest BCUT2D eigenvalue weighted by Crippen LogP contribution is -2.26. The fourth-order valence-electron chi connectivity index (χ4n) is 2.66. The summed E-state index contributed by atoms with van der Waals surface area (Å²) in [6, 6.07) is 13.2. The van der Waals surface area contributed by atoms with E-state index in [-0.39, 0.29) is 23.7 Å². The number of ether oxygens (including phenoxy) is 1. The molecule has 3 rings (SSSR count). The van der Waals surface area contributed by atoms with Crippen molar-refractivity contribution < 1.29 is 18.7 Å². The predicted molar refractivity (Wildman–Crippen MR) is 104 cm³/mol. The number of thioether (sulfide) groups is 1.